The van der Waals surface area contributed by atoms with Crippen LogP contribution < -0.4 is 22.1 Å². The predicted octanol–water partition coefficient (Wildman–Crippen LogP) is -1.95. The van der Waals surface area contributed by atoms with Gasteiger partial charge in [0.25, 0.3) is 11.8 Å². The Labute approximate surface area is 135 Å². The van der Waals surface area contributed by atoms with Gasteiger partial charge >= 0.3 is 11.9 Å². The highest BCUT2D eigenvalue weighted by Gasteiger charge is 2.24. The fraction of sp³-hybridized carbons (Fsp3) is 0.333. The van der Waals surface area contributed by atoms with E-state index in [4.69, 9.17) is 21.7 Å². The molecule has 0 saturated heterocycles. The highest BCUT2D eigenvalue weighted by molar-refractivity contribution is 6.02. The Hall–Kier alpha value is -3.44. The molecule has 2 atom stereocenters. The van der Waals surface area contributed by atoms with Crippen molar-refractivity contribution in [3.8, 4) is 0 Å². The third-order valence-corrected chi connectivity index (χ3v) is 2.82. The maximum absolute atomic E-state index is 11.9. The van der Waals surface area contributed by atoms with Gasteiger partial charge in [-0.05, 0) is 13.8 Å². The number of nitrogen functional groups attached to an aromatic ring is 2. The minimum absolute atomic E-state index is 0.455. The molecular formula is C12H16N6O6. The zero-order valence-corrected chi connectivity index (χ0v) is 12.7. The Kier molecular flexibility index (Phi) is 5.59. The number of aromatic nitrogens is 2. The standard InChI is InChI=1S/C12H16N6O6/c1-3(11(21)22)15-9(19)5-7(13)18-6(8(14)17-5)10(20)16-4(2)12(23)24/h3-4H,1-2H3,(H2,14,17)(H2,13,18)(H,15,19)(H,16,20)(H,21,22)(H,23,24). The van der Waals surface area contributed by atoms with Gasteiger partial charge in [0.15, 0.2) is 23.0 Å². The lowest BCUT2D eigenvalue weighted by Crippen LogP contribution is -2.40. The number of hydrogen-bond donors (Lipinski definition) is 6. The number of anilines is 2. The summed E-state index contributed by atoms with van der Waals surface area (Å²) in [6.07, 6.45) is 0. The number of aliphatic carboxylic acids is 2. The fourth-order valence-electron chi connectivity index (χ4n) is 1.45. The van der Waals surface area contributed by atoms with E-state index in [1.54, 1.807) is 0 Å². The van der Waals surface area contributed by atoms with Crippen molar-refractivity contribution in [2.45, 2.75) is 25.9 Å². The van der Waals surface area contributed by atoms with E-state index in [1.165, 1.54) is 13.8 Å². The van der Waals surface area contributed by atoms with Gasteiger partial charge in [-0.15, -0.1) is 0 Å². The summed E-state index contributed by atoms with van der Waals surface area (Å²) < 4.78 is 0. The summed E-state index contributed by atoms with van der Waals surface area (Å²) in [5, 5.41) is 21.7. The van der Waals surface area contributed by atoms with Crippen molar-refractivity contribution in [3.63, 3.8) is 0 Å². The second kappa shape index (κ2) is 7.21. The van der Waals surface area contributed by atoms with Gasteiger partial charge in [-0.1, -0.05) is 0 Å². The van der Waals surface area contributed by atoms with Crippen molar-refractivity contribution in [3.05, 3.63) is 11.4 Å². The molecule has 1 rings (SSSR count). The number of nitrogens with two attached hydrogens (primary N) is 2. The molecule has 0 aromatic carbocycles. The largest absolute Gasteiger partial charge is 0.480 e. The summed E-state index contributed by atoms with van der Waals surface area (Å²) >= 11 is 0. The molecule has 0 saturated carbocycles. The SMILES string of the molecule is CC(NC(=O)c1nc(N)c(C(=O)NC(C)C(=O)O)nc1N)C(=O)O. The quantitative estimate of drug-likeness (QED) is 0.336. The average Bonchev–Trinajstić information content (AvgIpc) is 2.48. The molecule has 1 aromatic rings. The molecule has 0 fully saturated rings. The Morgan fingerprint density at radius 2 is 1.12 bits per heavy atom. The lowest BCUT2D eigenvalue weighted by atomic mass is 10.2. The van der Waals surface area contributed by atoms with Gasteiger partial charge < -0.3 is 32.3 Å². The van der Waals surface area contributed by atoms with Gasteiger partial charge in [-0.25, -0.2) is 9.97 Å². The minimum Gasteiger partial charge on any atom is -0.480 e. The van der Waals surface area contributed by atoms with Crippen LogP contribution in [0.4, 0.5) is 11.6 Å². The van der Waals surface area contributed by atoms with E-state index < -0.39 is 58.9 Å². The third-order valence-electron chi connectivity index (χ3n) is 2.82. The van der Waals surface area contributed by atoms with Gasteiger partial charge in [-0.2, -0.15) is 0 Å². The van der Waals surface area contributed by atoms with E-state index in [1.807, 2.05) is 0 Å². The fourth-order valence-corrected chi connectivity index (χ4v) is 1.45. The van der Waals surface area contributed by atoms with Crippen molar-refractivity contribution in [1.82, 2.24) is 20.6 Å². The Morgan fingerprint density at radius 3 is 1.38 bits per heavy atom. The van der Waals surface area contributed by atoms with E-state index in [0.717, 1.165) is 0 Å². The van der Waals surface area contributed by atoms with Gasteiger partial charge in [-0.3, -0.25) is 19.2 Å². The molecule has 1 heterocycles. The van der Waals surface area contributed by atoms with Crippen LogP contribution in [0, 0.1) is 0 Å². The maximum Gasteiger partial charge on any atom is 0.325 e. The molecule has 0 radical (unpaired) electrons. The second-order valence-corrected chi connectivity index (χ2v) is 4.76. The molecule has 0 aliphatic rings. The van der Waals surface area contributed by atoms with Crippen molar-refractivity contribution in [1.29, 1.82) is 0 Å². The predicted molar refractivity (Wildman–Crippen MR) is 80.0 cm³/mol. The summed E-state index contributed by atoms with van der Waals surface area (Å²) in [6, 6.07) is -2.42. The summed E-state index contributed by atoms with van der Waals surface area (Å²) in [4.78, 5) is 52.5. The van der Waals surface area contributed by atoms with E-state index in [9.17, 15) is 19.2 Å². The van der Waals surface area contributed by atoms with Crippen LogP contribution in [0.25, 0.3) is 0 Å². The molecule has 0 bridgehead atoms. The van der Waals surface area contributed by atoms with Crippen molar-refractivity contribution in [2.75, 3.05) is 11.5 Å². The maximum atomic E-state index is 11.9. The van der Waals surface area contributed by atoms with Crippen LogP contribution in [0.3, 0.4) is 0 Å². The van der Waals surface area contributed by atoms with Gasteiger partial charge in [0.05, 0.1) is 0 Å². The first kappa shape index (κ1) is 18.6. The van der Waals surface area contributed by atoms with Crippen molar-refractivity contribution in [2.24, 2.45) is 0 Å². The van der Waals surface area contributed by atoms with Crippen LogP contribution in [0.2, 0.25) is 0 Å². The van der Waals surface area contributed by atoms with E-state index in [2.05, 4.69) is 20.6 Å². The van der Waals surface area contributed by atoms with Crippen LogP contribution in [0.5, 0.6) is 0 Å². The summed E-state index contributed by atoms with van der Waals surface area (Å²) in [5.41, 5.74) is 10.2. The number of nitrogens with one attached hydrogen (secondary N) is 2. The number of amides is 2. The molecule has 12 nitrogen and oxygen atoms in total. The number of nitrogens with zero attached hydrogens (tertiary/aromatic N) is 2. The smallest absolute Gasteiger partial charge is 0.325 e. The van der Waals surface area contributed by atoms with Gasteiger partial charge in [0, 0.05) is 0 Å². The lowest BCUT2D eigenvalue weighted by molar-refractivity contribution is -0.139. The minimum atomic E-state index is -1.28. The van der Waals surface area contributed by atoms with Crippen LogP contribution in [0.1, 0.15) is 34.8 Å². The molecule has 8 N–H and O–H groups in total. The van der Waals surface area contributed by atoms with Gasteiger partial charge in [0.1, 0.15) is 12.1 Å². The highest BCUT2D eigenvalue weighted by Crippen LogP contribution is 2.13. The molecule has 1 aromatic heterocycles. The molecule has 2 amide bonds. The first-order valence-electron chi connectivity index (χ1n) is 6.54. The Balaban J connectivity index is 3.05. The first-order valence-corrected chi connectivity index (χ1v) is 6.54. The van der Waals surface area contributed by atoms with E-state index >= 15 is 0 Å². The number of carbonyl (C=O) groups excluding carboxylic acids is 2. The zero-order valence-electron chi connectivity index (χ0n) is 12.7. The summed E-state index contributed by atoms with van der Waals surface area (Å²) in [7, 11) is 0. The number of carboxylic acids is 2. The number of rotatable bonds is 6. The normalized spacial score (nSPS) is 12.8. The second-order valence-electron chi connectivity index (χ2n) is 4.76. The molecule has 130 valence electrons. The van der Waals surface area contributed by atoms with Gasteiger partial charge in [0.2, 0.25) is 0 Å². The number of hydrogen-bond acceptors (Lipinski definition) is 8. The van der Waals surface area contributed by atoms with E-state index in [0.29, 0.717) is 0 Å². The molecule has 0 spiro atoms. The van der Waals surface area contributed by atoms with Crippen LogP contribution in [0.15, 0.2) is 0 Å². The monoisotopic (exact) mass is 340 g/mol. The van der Waals surface area contributed by atoms with Crippen molar-refractivity contribution >= 4 is 35.4 Å². The number of carbonyl (C=O) groups is 4. The highest BCUT2D eigenvalue weighted by atomic mass is 16.4. The van der Waals surface area contributed by atoms with Crippen molar-refractivity contribution < 1.29 is 29.4 Å². The zero-order chi connectivity index (χ0) is 18.6. The molecule has 0 aliphatic carbocycles. The average molecular weight is 340 g/mol. The molecule has 0 aliphatic heterocycles. The number of carboxylic acid groups (broad SMARTS) is 2. The Morgan fingerprint density at radius 1 is 0.833 bits per heavy atom. The first-order chi connectivity index (χ1) is 11.0. The molecule has 12 heteroatoms. The molecule has 2 unspecified atom stereocenters. The molecule has 24 heavy (non-hydrogen) atoms. The topological polar surface area (TPSA) is 211 Å². The summed E-state index contributed by atoms with van der Waals surface area (Å²) in [5.74, 6) is -5.36. The summed E-state index contributed by atoms with van der Waals surface area (Å²) in [6.45, 7) is 2.45. The third kappa shape index (κ3) is 4.28. The lowest BCUT2D eigenvalue weighted by Gasteiger charge is -2.13. The van der Waals surface area contributed by atoms with Crippen LogP contribution >= 0.6 is 0 Å². The molecular weight excluding hydrogens is 324 g/mol. The Bertz CT molecular complexity index is 646. The van der Waals surface area contributed by atoms with E-state index in [-0.39, 0.29) is 0 Å². The van der Waals surface area contributed by atoms with Crippen LogP contribution in [-0.2, 0) is 9.59 Å². The van der Waals surface area contributed by atoms with Crippen LogP contribution in [-0.4, -0.2) is 56.0 Å².